The van der Waals surface area contributed by atoms with Crippen molar-refractivity contribution in [2.45, 2.75) is 0 Å². The van der Waals surface area contributed by atoms with Crippen molar-refractivity contribution in [3.8, 4) is 6.07 Å². The maximum Gasteiger partial charge on any atom is 0.161 e. The molecule has 0 amide bonds. The summed E-state index contributed by atoms with van der Waals surface area (Å²) in [6, 6.07) is 1.95. The van der Waals surface area contributed by atoms with Crippen LogP contribution < -0.4 is 0 Å². The highest BCUT2D eigenvalue weighted by molar-refractivity contribution is 9.10. The van der Waals surface area contributed by atoms with Crippen LogP contribution in [0.2, 0.25) is 0 Å². The molecule has 0 fully saturated rings. The van der Waals surface area contributed by atoms with E-state index in [0.29, 0.717) is 14.9 Å². The van der Waals surface area contributed by atoms with E-state index in [4.69, 9.17) is 5.26 Å². The molecule has 0 aliphatic rings. The Balaban J connectivity index is 3.24. The summed E-state index contributed by atoms with van der Waals surface area (Å²) in [6.45, 7) is 0. The van der Waals surface area contributed by atoms with Crippen molar-refractivity contribution in [3.63, 3.8) is 0 Å². The Hall–Kier alpha value is -0.660. The number of halogens is 1. The third-order valence-electron chi connectivity index (χ3n) is 0.984. The zero-order chi connectivity index (χ0) is 7.56. The normalized spacial score (nSPS) is 8.80. The van der Waals surface area contributed by atoms with Crippen molar-refractivity contribution in [3.05, 3.63) is 20.3 Å². The third kappa shape index (κ3) is 1.11. The lowest BCUT2D eigenvalue weighted by atomic mass is 10.3. The Morgan fingerprint density at radius 3 is 2.80 bits per heavy atom. The lowest BCUT2D eigenvalue weighted by Gasteiger charge is -1.81. The molecule has 1 aromatic rings. The summed E-state index contributed by atoms with van der Waals surface area (Å²) < 4.78 is 0.606. The van der Waals surface area contributed by atoms with Gasteiger partial charge in [-0.2, -0.15) is 5.26 Å². The zero-order valence-corrected chi connectivity index (χ0v) is 7.20. The van der Waals surface area contributed by atoms with E-state index in [0.717, 1.165) is 6.29 Å². The topological polar surface area (TPSA) is 40.9 Å². The van der Waals surface area contributed by atoms with E-state index in [1.807, 2.05) is 6.07 Å². The van der Waals surface area contributed by atoms with Gasteiger partial charge in [0.15, 0.2) is 6.29 Å². The van der Waals surface area contributed by atoms with Crippen LogP contribution in [-0.2, 0) is 0 Å². The second-order valence-electron chi connectivity index (χ2n) is 1.56. The fourth-order valence-corrected chi connectivity index (χ4v) is 1.93. The first kappa shape index (κ1) is 7.45. The lowest BCUT2D eigenvalue weighted by molar-refractivity contribution is 0.112. The van der Waals surface area contributed by atoms with Crippen molar-refractivity contribution >= 4 is 33.6 Å². The molecule has 0 aliphatic heterocycles. The third-order valence-corrected chi connectivity index (χ3v) is 3.01. The Labute approximate surface area is 70.2 Å². The number of hydrogen-bond donors (Lipinski definition) is 0. The van der Waals surface area contributed by atoms with Gasteiger partial charge in [0.05, 0.1) is 14.9 Å². The molecule has 1 aromatic heterocycles. The van der Waals surface area contributed by atoms with Gasteiger partial charge in [-0.05, 0) is 15.9 Å². The molecular formula is C6H2BrNOS. The molecule has 0 radical (unpaired) electrons. The van der Waals surface area contributed by atoms with Gasteiger partial charge in [0.1, 0.15) is 6.07 Å². The van der Waals surface area contributed by atoms with Crippen LogP contribution in [0.4, 0.5) is 0 Å². The number of nitrogens with zero attached hydrogens (tertiary/aromatic N) is 1. The quantitative estimate of drug-likeness (QED) is 0.675. The monoisotopic (exact) mass is 215 g/mol. The zero-order valence-electron chi connectivity index (χ0n) is 4.80. The fourth-order valence-electron chi connectivity index (χ4n) is 0.514. The van der Waals surface area contributed by atoms with Gasteiger partial charge in [0.2, 0.25) is 0 Å². The fraction of sp³-hybridized carbons (Fsp3) is 0. The number of carbonyl (C=O) groups excluding carboxylic acids is 1. The predicted octanol–water partition coefficient (Wildman–Crippen LogP) is 2.19. The van der Waals surface area contributed by atoms with Crippen LogP contribution in [0, 0.1) is 11.3 Å². The number of thiophene rings is 1. The van der Waals surface area contributed by atoms with E-state index in [-0.39, 0.29) is 0 Å². The molecule has 50 valence electrons. The van der Waals surface area contributed by atoms with Gasteiger partial charge in [-0.1, -0.05) is 0 Å². The van der Waals surface area contributed by atoms with Crippen molar-refractivity contribution in [1.82, 2.24) is 0 Å². The Morgan fingerprint density at radius 2 is 2.50 bits per heavy atom. The van der Waals surface area contributed by atoms with Crippen LogP contribution in [-0.4, -0.2) is 6.29 Å². The van der Waals surface area contributed by atoms with Crippen LogP contribution in [0.5, 0.6) is 0 Å². The highest BCUT2D eigenvalue weighted by Crippen LogP contribution is 2.25. The molecule has 0 atom stereocenters. The average molecular weight is 216 g/mol. The highest BCUT2D eigenvalue weighted by Gasteiger charge is 2.05. The lowest BCUT2D eigenvalue weighted by Crippen LogP contribution is -1.72. The Kier molecular flexibility index (Phi) is 2.20. The first-order valence-electron chi connectivity index (χ1n) is 2.42. The van der Waals surface area contributed by atoms with E-state index in [1.54, 1.807) is 5.38 Å². The average Bonchev–Trinajstić information content (AvgIpc) is 2.30. The van der Waals surface area contributed by atoms with Crippen LogP contribution in [0.15, 0.2) is 9.85 Å². The van der Waals surface area contributed by atoms with Crippen molar-refractivity contribution in [1.29, 1.82) is 5.26 Å². The van der Waals surface area contributed by atoms with Gasteiger partial charge in [-0.15, -0.1) is 11.3 Å². The van der Waals surface area contributed by atoms with Crippen molar-refractivity contribution < 1.29 is 4.79 Å². The highest BCUT2D eigenvalue weighted by atomic mass is 79.9. The number of nitriles is 1. The summed E-state index contributed by atoms with van der Waals surface area (Å²) in [4.78, 5) is 10.8. The summed E-state index contributed by atoms with van der Waals surface area (Å²) in [6.07, 6.45) is 0.732. The second kappa shape index (κ2) is 2.95. The molecule has 1 rings (SSSR count). The predicted molar refractivity (Wildman–Crippen MR) is 42.1 cm³/mol. The van der Waals surface area contributed by atoms with Crippen molar-refractivity contribution in [2.24, 2.45) is 0 Å². The molecule has 0 saturated carbocycles. The minimum atomic E-state index is 0.520. The molecule has 0 saturated heterocycles. The van der Waals surface area contributed by atoms with Crippen LogP contribution in [0.3, 0.4) is 0 Å². The molecule has 2 nitrogen and oxygen atoms in total. The van der Waals surface area contributed by atoms with Gasteiger partial charge >= 0.3 is 0 Å². The Bertz CT molecular complexity index is 299. The SMILES string of the molecule is N#Cc1csc(C=O)c1Br. The maximum atomic E-state index is 10.2. The first-order valence-corrected chi connectivity index (χ1v) is 4.09. The molecule has 10 heavy (non-hydrogen) atoms. The molecule has 0 N–H and O–H groups in total. The second-order valence-corrected chi connectivity index (χ2v) is 3.26. The summed E-state index contributed by atoms with van der Waals surface area (Å²) in [5.74, 6) is 0. The molecule has 0 unspecified atom stereocenters. The molecular weight excluding hydrogens is 214 g/mol. The molecule has 0 aliphatic carbocycles. The molecule has 0 aromatic carbocycles. The number of carbonyl (C=O) groups is 1. The van der Waals surface area contributed by atoms with Gasteiger partial charge in [0, 0.05) is 5.38 Å². The van der Waals surface area contributed by atoms with E-state index in [2.05, 4.69) is 15.9 Å². The standard InChI is InChI=1S/C6H2BrNOS/c7-6-4(1-8)3-10-5(6)2-9/h2-3H. The largest absolute Gasteiger partial charge is 0.297 e. The maximum absolute atomic E-state index is 10.2. The van der Waals surface area contributed by atoms with E-state index in [9.17, 15) is 4.79 Å². The number of aldehydes is 1. The first-order chi connectivity index (χ1) is 4.79. The van der Waals surface area contributed by atoms with Gasteiger partial charge in [-0.3, -0.25) is 4.79 Å². The minimum absolute atomic E-state index is 0.520. The summed E-state index contributed by atoms with van der Waals surface area (Å²) in [5.41, 5.74) is 0.520. The smallest absolute Gasteiger partial charge is 0.161 e. The van der Waals surface area contributed by atoms with Crippen molar-refractivity contribution in [2.75, 3.05) is 0 Å². The van der Waals surface area contributed by atoms with Crippen LogP contribution >= 0.6 is 27.3 Å². The summed E-state index contributed by atoms with van der Waals surface area (Å²) in [7, 11) is 0. The number of hydrogen-bond acceptors (Lipinski definition) is 3. The van der Waals surface area contributed by atoms with Crippen LogP contribution in [0.1, 0.15) is 15.2 Å². The summed E-state index contributed by atoms with van der Waals surface area (Å²) >= 11 is 4.39. The van der Waals surface area contributed by atoms with E-state index < -0.39 is 0 Å². The van der Waals surface area contributed by atoms with Gasteiger partial charge in [0.25, 0.3) is 0 Å². The minimum Gasteiger partial charge on any atom is -0.297 e. The van der Waals surface area contributed by atoms with Gasteiger partial charge < -0.3 is 0 Å². The van der Waals surface area contributed by atoms with Crippen LogP contribution in [0.25, 0.3) is 0 Å². The molecule has 0 bridgehead atoms. The Morgan fingerprint density at radius 1 is 1.80 bits per heavy atom. The molecule has 0 spiro atoms. The van der Waals surface area contributed by atoms with Gasteiger partial charge in [-0.25, -0.2) is 0 Å². The van der Waals surface area contributed by atoms with E-state index in [1.165, 1.54) is 11.3 Å². The number of rotatable bonds is 1. The molecule has 1 heterocycles. The van der Waals surface area contributed by atoms with E-state index >= 15 is 0 Å². The molecule has 4 heteroatoms. The summed E-state index contributed by atoms with van der Waals surface area (Å²) in [5, 5.41) is 10.1.